The molecule has 1 heterocycles. The molecule has 0 aliphatic rings. The lowest BCUT2D eigenvalue weighted by molar-refractivity contribution is 1.29. The molecule has 0 atom stereocenters. The molecule has 0 aliphatic heterocycles. The van der Waals surface area contributed by atoms with E-state index in [4.69, 9.17) is 11.6 Å². The van der Waals surface area contributed by atoms with Gasteiger partial charge in [-0.05, 0) is 25.0 Å². The number of aromatic nitrogens is 1. The van der Waals surface area contributed by atoms with Crippen LogP contribution >= 0.6 is 11.6 Å². The zero-order chi connectivity index (χ0) is 7.40. The van der Waals surface area contributed by atoms with E-state index < -0.39 is 0 Å². The van der Waals surface area contributed by atoms with E-state index in [1.54, 1.807) is 13.0 Å². The van der Waals surface area contributed by atoms with Crippen molar-refractivity contribution in [2.75, 3.05) is 0 Å². The van der Waals surface area contributed by atoms with Gasteiger partial charge in [0.05, 0.1) is 0 Å². The highest BCUT2D eigenvalue weighted by Gasteiger charge is 1.87. The highest BCUT2D eigenvalue weighted by Crippen LogP contribution is 2.03. The van der Waals surface area contributed by atoms with Gasteiger partial charge in [-0.25, -0.2) is 4.98 Å². The van der Waals surface area contributed by atoms with Crippen LogP contribution in [0.4, 0.5) is 0 Å². The van der Waals surface area contributed by atoms with Crippen molar-refractivity contribution in [1.82, 2.24) is 4.98 Å². The van der Waals surface area contributed by atoms with E-state index in [-0.39, 0.29) is 0 Å². The van der Waals surface area contributed by atoms with Crippen LogP contribution in [-0.2, 0) is 0 Å². The number of halogens is 1. The second-order valence-electron chi connectivity index (χ2n) is 1.72. The molecule has 1 aromatic heterocycles. The molecule has 0 aliphatic carbocycles. The van der Waals surface area contributed by atoms with Crippen LogP contribution in [0.3, 0.4) is 0 Å². The molecule has 10 heavy (non-hydrogen) atoms. The first-order valence-corrected chi connectivity index (χ1v) is 3.26. The zero-order valence-corrected chi connectivity index (χ0v) is 6.31. The van der Waals surface area contributed by atoms with E-state index in [1.807, 2.05) is 12.1 Å². The summed E-state index contributed by atoms with van der Waals surface area (Å²) in [6, 6.07) is 5.37. The molecule has 50 valence electrons. The SMILES string of the molecule is CC#Cc1cccc(Cl)n1. The average molecular weight is 152 g/mol. The molecular formula is C8H6ClN. The maximum Gasteiger partial charge on any atom is 0.130 e. The molecule has 0 saturated carbocycles. The largest absolute Gasteiger partial charge is 0.228 e. The Hall–Kier alpha value is -1.00. The fraction of sp³-hybridized carbons (Fsp3) is 0.125. The standard InChI is InChI=1S/C8H6ClN/c1-2-4-7-5-3-6-8(9)10-7/h3,5-6H,1H3. The Morgan fingerprint density at radius 1 is 1.50 bits per heavy atom. The molecule has 0 N–H and O–H groups in total. The maximum atomic E-state index is 5.60. The lowest BCUT2D eigenvalue weighted by atomic mass is 10.3. The van der Waals surface area contributed by atoms with Gasteiger partial charge in [-0.15, -0.1) is 0 Å². The summed E-state index contributed by atoms with van der Waals surface area (Å²) < 4.78 is 0. The predicted octanol–water partition coefficient (Wildman–Crippen LogP) is 2.11. The first kappa shape index (κ1) is 7.11. The van der Waals surface area contributed by atoms with Crippen LogP contribution in [-0.4, -0.2) is 4.98 Å². The van der Waals surface area contributed by atoms with E-state index in [0.29, 0.717) is 5.15 Å². The monoisotopic (exact) mass is 151 g/mol. The summed E-state index contributed by atoms with van der Waals surface area (Å²) in [7, 11) is 0. The van der Waals surface area contributed by atoms with Crippen LogP contribution in [0.2, 0.25) is 5.15 Å². The van der Waals surface area contributed by atoms with Gasteiger partial charge in [0.25, 0.3) is 0 Å². The van der Waals surface area contributed by atoms with Gasteiger partial charge in [-0.3, -0.25) is 0 Å². The van der Waals surface area contributed by atoms with E-state index in [1.165, 1.54) is 0 Å². The summed E-state index contributed by atoms with van der Waals surface area (Å²) in [5.41, 5.74) is 0.718. The average Bonchev–Trinajstić information content (AvgIpc) is 1.88. The van der Waals surface area contributed by atoms with Gasteiger partial charge in [-0.1, -0.05) is 23.6 Å². The molecule has 0 saturated heterocycles. The lowest BCUT2D eigenvalue weighted by Crippen LogP contribution is -1.79. The van der Waals surface area contributed by atoms with Crippen molar-refractivity contribution in [3.63, 3.8) is 0 Å². The van der Waals surface area contributed by atoms with Crippen molar-refractivity contribution >= 4 is 11.6 Å². The molecule has 0 unspecified atom stereocenters. The second kappa shape index (κ2) is 3.24. The molecule has 0 spiro atoms. The summed E-state index contributed by atoms with van der Waals surface area (Å²) in [4.78, 5) is 3.95. The molecule has 0 fully saturated rings. The molecule has 0 amide bonds. The van der Waals surface area contributed by atoms with Gasteiger partial charge in [0.1, 0.15) is 10.8 Å². The third-order valence-corrected chi connectivity index (χ3v) is 1.18. The third-order valence-electron chi connectivity index (χ3n) is 0.968. The molecule has 1 rings (SSSR count). The van der Waals surface area contributed by atoms with Crippen LogP contribution in [0, 0.1) is 11.8 Å². The normalized spacial score (nSPS) is 8.20. The molecule has 0 radical (unpaired) electrons. The van der Waals surface area contributed by atoms with Crippen molar-refractivity contribution in [1.29, 1.82) is 0 Å². The lowest BCUT2D eigenvalue weighted by Gasteiger charge is -1.88. The maximum absolute atomic E-state index is 5.60. The van der Waals surface area contributed by atoms with Crippen LogP contribution in [0.5, 0.6) is 0 Å². The topological polar surface area (TPSA) is 12.9 Å². The molecular weight excluding hydrogens is 146 g/mol. The molecule has 0 aromatic carbocycles. The summed E-state index contributed by atoms with van der Waals surface area (Å²) >= 11 is 5.60. The Kier molecular flexibility index (Phi) is 2.30. The van der Waals surface area contributed by atoms with Crippen LogP contribution in [0.1, 0.15) is 12.6 Å². The minimum atomic E-state index is 0.486. The van der Waals surface area contributed by atoms with Crippen LogP contribution < -0.4 is 0 Å². The van der Waals surface area contributed by atoms with Gasteiger partial charge in [0.2, 0.25) is 0 Å². The first-order chi connectivity index (χ1) is 4.83. The summed E-state index contributed by atoms with van der Waals surface area (Å²) in [5, 5.41) is 0.486. The quantitative estimate of drug-likeness (QED) is 0.409. The number of hydrogen-bond donors (Lipinski definition) is 0. The zero-order valence-electron chi connectivity index (χ0n) is 5.56. The van der Waals surface area contributed by atoms with E-state index in [9.17, 15) is 0 Å². The Bertz CT molecular complexity index is 283. The van der Waals surface area contributed by atoms with E-state index >= 15 is 0 Å². The Morgan fingerprint density at radius 2 is 2.30 bits per heavy atom. The highest BCUT2D eigenvalue weighted by molar-refractivity contribution is 6.29. The first-order valence-electron chi connectivity index (χ1n) is 2.88. The summed E-state index contributed by atoms with van der Waals surface area (Å²) in [6.07, 6.45) is 0. The van der Waals surface area contributed by atoms with Crippen molar-refractivity contribution < 1.29 is 0 Å². The number of hydrogen-bond acceptors (Lipinski definition) is 1. The minimum Gasteiger partial charge on any atom is -0.228 e. The van der Waals surface area contributed by atoms with Crippen LogP contribution in [0.15, 0.2) is 18.2 Å². The third kappa shape index (κ3) is 1.75. The van der Waals surface area contributed by atoms with Gasteiger partial charge in [-0.2, -0.15) is 0 Å². The van der Waals surface area contributed by atoms with Gasteiger partial charge in [0, 0.05) is 0 Å². The van der Waals surface area contributed by atoms with Crippen molar-refractivity contribution in [3.8, 4) is 11.8 Å². The van der Waals surface area contributed by atoms with Gasteiger partial charge < -0.3 is 0 Å². The molecule has 0 bridgehead atoms. The Balaban J connectivity index is 3.03. The smallest absolute Gasteiger partial charge is 0.130 e. The molecule has 1 nitrogen and oxygen atoms in total. The molecule has 1 aromatic rings. The summed E-state index contributed by atoms with van der Waals surface area (Å²) in [5.74, 6) is 5.54. The second-order valence-corrected chi connectivity index (χ2v) is 2.11. The van der Waals surface area contributed by atoms with Crippen molar-refractivity contribution in [2.45, 2.75) is 6.92 Å². The minimum absolute atomic E-state index is 0.486. The van der Waals surface area contributed by atoms with Crippen molar-refractivity contribution in [2.24, 2.45) is 0 Å². The Morgan fingerprint density at radius 3 is 2.90 bits per heavy atom. The Labute approximate surface area is 65.0 Å². The molecule has 2 heteroatoms. The predicted molar refractivity (Wildman–Crippen MR) is 41.8 cm³/mol. The van der Waals surface area contributed by atoms with Crippen molar-refractivity contribution in [3.05, 3.63) is 29.0 Å². The van der Waals surface area contributed by atoms with Gasteiger partial charge >= 0.3 is 0 Å². The summed E-state index contributed by atoms with van der Waals surface area (Å²) in [6.45, 7) is 1.77. The number of nitrogens with zero attached hydrogens (tertiary/aromatic N) is 1. The van der Waals surface area contributed by atoms with E-state index in [2.05, 4.69) is 16.8 Å². The van der Waals surface area contributed by atoms with Crippen LogP contribution in [0.25, 0.3) is 0 Å². The fourth-order valence-electron chi connectivity index (χ4n) is 0.606. The number of pyridine rings is 1. The highest BCUT2D eigenvalue weighted by atomic mass is 35.5. The fourth-order valence-corrected chi connectivity index (χ4v) is 0.770. The van der Waals surface area contributed by atoms with Gasteiger partial charge in [0.15, 0.2) is 0 Å². The number of rotatable bonds is 0. The van der Waals surface area contributed by atoms with E-state index in [0.717, 1.165) is 5.69 Å².